The number of benzene rings is 2. The van der Waals surface area contributed by atoms with Crippen LogP contribution in [-0.4, -0.2) is 18.6 Å². The highest BCUT2D eigenvalue weighted by molar-refractivity contribution is 8.19. The second kappa shape index (κ2) is 7.14. The van der Waals surface area contributed by atoms with Crippen molar-refractivity contribution in [2.75, 3.05) is 18.6 Å². The summed E-state index contributed by atoms with van der Waals surface area (Å²) in [6, 6.07) is 16.5. The van der Waals surface area contributed by atoms with Crippen molar-refractivity contribution in [1.29, 1.82) is 0 Å². The van der Waals surface area contributed by atoms with Gasteiger partial charge in [-0.1, -0.05) is 36.4 Å². The van der Waals surface area contributed by atoms with Gasteiger partial charge in [0.1, 0.15) is 6.61 Å². The molecule has 1 heterocycles. The Morgan fingerprint density at radius 1 is 1.00 bits per heavy atom. The van der Waals surface area contributed by atoms with E-state index in [1.54, 1.807) is 7.11 Å². The van der Waals surface area contributed by atoms with E-state index in [-0.39, 0.29) is 0 Å². The third kappa shape index (κ3) is 3.69. The van der Waals surface area contributed by atoms with E-state index in [0.29, 0.717) is 11.2 Å². The van der Waals surface area contributed by atoms with Crippen molar-refractivity contribution < 1.29 is 9.47 Å². The first-order valence-electron chi connectivity index (χ1n) is 6.94. The smallest absolute Gasteiger partial charge is 0.161 e. The minimum absolute atomic E-state index is 0.530. The van der Waals surface area contributed by atoms with Crippen LogP contribution < -0.4 is 9.47 Å². The van der Waals surface area contributed by atoms with Gasteiger partial charge in [-0.25, -0.2) is 0 Å². The van der Waals surface area contributed by atoms with Crippen LogP contribution in [0.1, 0.15) is 15.7 Å². The van der Waals surface area contributed by atoms with E-state index in [2.05, 4.69) is 24.3 Å². The lowest BCUT2D eigenvalue weighted by molar-refractivity contribution is 0.284. The molecule has 21 heavy (non-hydrogen) atoms. The summed E-state index contributed by atoms with van der Waals surface area (Å²) in [5.74, 6) is 4.07. The van der Waals surface area contributed by atoms with Gasteiger partial charge in [-0.3, -0.25) is 0 Å². The molecule has 0 saturated carbocycles. The zero-order chi connectivity index (χ0) is 14.5. The molecule has 0 aliphatic carbocycles. The molecule has 0 aromatic heterocycles. The summed E-state index contributed by atoms with van der Waals surface area (Å²) in [7, 11) is 1.70. The Morgan fingerprint density at radius 2 is 1.76 bits per heavy atom. The molecule has 0 spiro atoms. The monoisotopic (exact) mass is 318 g/mol. The number of rotatable bonds is 5. The van der Waals surface area contributed by atoms with Gasteiger partial charge >= 0.3 is 0 Å². The summed E-state index contributed by atoms with van der Waals surface area (Å²) in [6.45, 7) is 0.559. The first-order chi connectivity index (χ1) is 10.4. The maximum Gasteiger partial charge on any atom is 0.161 e. The van der Waals surface area contributed by atoms with Gasteiger partial charge < -0.3 is 9.47 Å². The van der Waals surface area contributed by atoms with Gasteiger partial charge in [-0.05, 0) is 23.3 Å². The molecule has 1 aliphatic heterocycles. The van der Waals surface area contributed by atoms with E-state index in [1.165, 1.54) is 17.1 Å². The lowest BCUT2D eigenvalue weighted by atomic mass is 10.2. The summed E-state index contributed by atoms with van der Waals surface area (Å²) in [6.07, 6.45) is 0. The molecule has 4 heteroatoms. The molecule has 2 aromatic carbocycles. The average Bonchev–Trinajstić information content (AvgIpc) is 3.08. The third-order valence-electron chi connectivity index (χ3n) is 3.32. The second-order valence-corrected chi connectivity index (χ2v) is 7.48. The van der Waals surface area contributed by atoms with E-state index in [1.807, 2.05) is 47.8 Å². The van der Waals surface area contributed by atoms with Crippen LogP contribution in [-0.2, 0) is 6.61 Å². The Hall–Kier alpha value is -1.26. The van der Waals surface area contributed by atoms with E-state index in [0.717, 1.165) is 17.1 Å². The van der Waals surface area contributed by atoms with Crippen molar-refractivity contribution in [3.05, 3.63) is 59.7 Å². The molecule has 2 aromatic rings. The summed E-state index contributed by atoms with van der Waals surface area (Å²) in [5.41, 5.74) is 2.47. The first-order valence-corrected chi connectivity index (χ1v) is 9.04. The van der Waals surface area contributed by atoms with Crippen LogP contribution in [0.2, 0.25) is 0 Å². The number of ether oxygens (including phenoxy) is 2. The van der Waals surface area contributed by atoms with Gasteiger partial charge in [0, 0.05) is 11.5 Å². The van der Waals surface area contributed by atoms with Crippen LogP contribution in [0.25, 0.3) is 0 Å². The molecule has 0 unspecified atom stereocenters. The molecule has 2 nitrogen and oxygen atoms in total. The topological polar surface area (TPSA) is 18.5 Å². The van der Waals surface area contributed by atoms with E-state index in [4.69, 9.17) is 9.47 Å². The van der Waals surface area contributed by atoms with Gasteiger partial charge in [-0.15, -0.1) is 23.5 Å². The lowest BCUT2D eigenvalue weighted by Gasteiger charge is -2.14. The van der Waals surface area contributed by atoms with Crippen LogP contribution >= 0.6 is 23.5 Å². The van der Waals surface area contributed by atoms with E-state index >= 15 is 0 Å². The highest BCUT2D eigenvalue weighted by Gasteiger charge is 2.19. The Morgan fingerprint density at radius 3 is 2.48 bits per heavy atom. The normalized spacial score (nSPS) is 15.1. The maximum absolute atomic E-state index is 5.89. The van der Waals surface area contributed by atoms with Crippen molar-refractivity contribution in [3.63, 3.8) is 0 Å². The van der Waals surface area contributed by atoms with Crippen molar-refractivity contribution in [1.82, 2.24) is 0 Å². The van der Waals surface area contributed by atoms with Crippen molar-refractivity contribution in [2.24, 2.45) is 0 Å². The van der Waals surface area contributed by atoms with Gasteiger partial charge in [0.15, 0.2) is 11.5 Å². The summed E-state index contributed by atoms with van der Waals surface area (Å²) in [4.78, 5) is 0. The van der Waals surface area contributed by atoms with Gasteiger partial charge in [0.05, 0.1) is 11.7 Å². The standard InChI is InChI=1S/C17H18O2S2/c1-18-16-11-14(17-20-9-10-21-17)7-8-15(16)19-12-13-5-3-2-4-6-13/h2-8,11,17H,9-10,12H2,1H3. The van der Waals surface area contributed by atoms with Crippen LogP contribution in [0.3, 0.4) is 0 Å². The fourth-order valence-corrected chi connectivity index (χ4v) is 5.07. The molecule has 1 saturated heterocycles. The number of thioether (sulfide) groups is 2. The zero-order valence-electron chi connectivity index (χ0n) is 12.0. The molecule has 0 amide bonds. The zero-order valence-corrected chi connectivity index (χ0v) is 13.6. The first kappa shape index (κ1) is 14.7. The third-order valence-corrected chi connectivity index (χ3v) is 6.42. The molecule has 0 atom stereocenters. The SMILES string of the molecule is COc1cc(C2SCCS2)ccc1OCc1ccccc1. The van der Waals surface area contributed by atoms with Gasteiger partial charge in [0.25, 0.3) is 0 Å². The summed E-state index contributed by atoms with van der Waals surface area (Å²) in [5, 5.41) is 0. The van der Waals surface area contributed by atoms with Gasteiger partial charge in [-0.2, -0.15) is 0 Å². The number of methoxy groups -OCH3 is 1. The molecule has 1 aliphatic rings. The maximum atomic E-state index is 5.89. The fraction of sp³-hybridized carbons (Fsp3) is 0.294. The Balaban J connectivity index is 1.72. The molecule has 0 radical (unpaired) electrons. The number of hydrogen-bond donors (Lipinski definition) is 0. The largest absolute Gasteiger partial charge is 0.493 e. The van der Waals surface area contributed by atoms with Gasteiger partial charge in [0.2, 0.25) is 0 Å². The lowest BCUT2D eigenvalue weighted by Crippen LogP contribution is -1.98. The molecule has 110 valence electrons. The van der Waals surface area contributed by atoms with Crippen LogP contribution in [0, 0.1) is 0 Å². The quantitative estimate of drug-likeness (QED) is 0.791. The van der Waals surface area contributed by atoms with Crippen molar-refractivity contribution in [2.45, 2.75) is 11.2 Å². The average molecular weight is 318 g/mol. The Kier molecular flexibility index (Phi) is 4.99. The predicted molar refractivity (Wildman–Crippen MR) is 91.4 cm³/mol. The summed E-state index contributed by atoms with van der Waals surface area (Å²) < 4.78 is 11.9. The number of hydrogen-bond acceptors (Lipinski definition) is 4. The Bertz CT molecular complexity index is 581. The van der Waals surface area contributed by atoms with Crippen molar-refractivity contribution >= 4 is 23.5 Å². The fourth-order valence-electron chi connectivity index (χ4n) is 2.24. The Labute approximate surface area is 134 Å². The molecular formula is C17H18O2S2. The highest BCUT2D eigenvalue weighted by Crippen LogP contribution is 2.46. The minimum Gasteiger partial charge on any atom is -0.493 e. The molecule has 1 fully saturated rings. The summed E-state index contributed by atoms with van der Waals surface area (Å²) >= 11 is 3.99. The molecule has 0 bridgehead atoms. The molecular weight excluding hydrogens is 300 g/mol. The van der Waals surface area contributed by atoms with Crippen LogP contribution in [0.15, 0.2) is 48.5 Å². The second-order valence-electron chi connectivity index (χ2n) is 4.76. The predicted octanol–water partition coefficient (Wildman–Crippen LogP) is 4.75. The molecule has 0 N–H and O–H groups in total. The highest BCUT2D eigenvalue weighted by atomic mass is 32.2. The van der Waals surface area contributed by atoms with Crippen molar-refractivity contribution in [3.8, 4) is 11.5 Å². The minimum atomic E-state index is 0.530. The van der Waals surface area contributed by atoms with E-state index < -0.39 is 0 Å². The van der Waals surface area contributed by atoms with Crippen LogP contribution in [0.4, 0.5) is 0 Å². The molecule has 3 rings (SSSR count). The van der Waals surface area contributed by atoms with Crippen LogP contribution in [0.5, 0.6) is 11.5 Å². The van der Waals surface area contributed by atoms with E-state index in [9.17, 15) is 0 Å².